The fourth-order valence-electron chi connectivity index (χ4n) is 2.13. The van der Waals surface area contributed by atoms with E-state index in [1.807, 2.05) is 18.2 Å². The fraction of sp³-hybridized carbons (Fsp3) is 0.158. The van der Waals surface area contributed by atoms with E-state index in [-0.39, 0.29) is 12.3 Å². The van der Waals surface area contributed by atoms with Gasteiger partial charge in [-0.1, -0.05) is 30.3 Å². The topological polar surface area (TPSA) is 94.1 Å². The molecule has 2 aromatic carbocycles. The second-order valence-electron chi connectivity index (χ2n) is 5.16. The van der Waals surface area contributed by atoms with Crippen molar-refractivity contribution in [1.29, 1.82) is 0 Å². The number of carbonyl (C=O) groups excluding carboxylic acids is 1. The number of methoxy groups -OCH3 is 2. The molecule has 0 aliphatic rings. The first-order valence-electron chi connectivity index (χ1n) is 7.68. The second kappa shape index (κ2) is 9.12. The molecule has 0 atom stereocenters. The van der Waals surface area contributed by atoms with Crippen LogP contribution in [-0.4, -0.2) is 31.4 Å². The number of amides is 1. The molecule has 0 heterocycles. The van der Waals surface area contributed by atoms with Crippen molar-refractivity contribution >= 4 is 18.1 Å². The average Bonchev–Trinajstić information content (AvgIpc) is 2.66. The van der Waals surface area contributed by atoms with Gasteiger partial charge in [-0.2, -0.15) is 0 Å². The van der Waals surface area contributed by atoms with E-state index in [2.05, 4.69) is 5.32 Å². The highest BCUT2D eigenvalue weighted by Crippen LogP contribution is 2.25. The predicted molar refractivity (Wildman–Crippen MR) is 94.9 cm³/mol. The largest absolute Gasteiger partial charge is 0.497 e. The molecular formula is C19H19NO6. The highest BCUT2D eigenvalue weighted by atomic mass is 16.5. The van der Waals surface area contributed by atoms with Crippen LogP contribution in [-0.2, 0) is 16.1 Å². The lowest BCUT2D eigenvalue weighted by Gasteiger charge is -2.10. The third kappa shape index (κ3) is 5.27. The summed E-state index contributed by atoms with van der Waals surface area (Å²) < 4.78 is 15.4. The van der Waals surface area contributed by atoms with Crippen LogP contribution in [0.3, 0.4) is 0 Å². The first-order chi connectivity index (χ1) is 12.5. The summed E-state index contributed by atoms with van der Waals surface area (Å²) in [5.41, 5.74) is 0.875. The normalized spacial score (nSPS) is 10.8. The van der Waals surface area contributed by atoms with Gasteiger partial charge >= 0.3 is 12.1 Å². The number of carboxylic acid groups (broad SMARTS) is 1. The van der Waals surface area contributed by atoms with Gasteiger partial charge in [-0.25, -0.2) is 9.59 Å². The van der Waals surface area contributed by atoms with Crippen LogP contribution in [0, 0.1) is 0 Å². The molecule has 0 spiro atoms. The van der Waals surface area contributed by atoms with E-state index in [9.17, 15) is 14.7 Å². The Kier molecular flexibility index (Phi) is 6.61. The summed E-state index contributed by atoms with van der Waals surface area (Å²) in [6.45, 7) is 0.0298. The van der Waals surface area contributed by atoms with Gasteiger partial charge in [-0.05, 0) is 29.8 Å². The zero-order chi connectivity index (χ0) is 18.9. The average molecular weight is 357 g/mol. The zero-order valence-electron chi connectivity index (χ0n) is 14.4. The Labute approximate surface area is 150 Å². The Morgan fingerprint density at radius 1 is 1.08 bits per heavy atom. The van der Waals surface area contributed by atoms with Crippen molar-refractivity contribution < 1.29 is 28.9 Å². The molecule has 0 saturated carbocycles. The maximum absolute atomic E-state index is 11.9. The minimum Gasteiger partial charge on any atom is -0.497 e. The van der Waals surface area contributed by atoms with Crippen LogP contribution in [0.25, 0.3) is 6.08 Å². The predicted octanol–water partition coefficient (Wildman–Crippen LogP) is 3.06. The molecule has 0 bridgehead atoms. The maximum atomic E-state index is 11.9. The molecule has 2 rings (SSSR count). The Morgan fingerprint density at radius 3 is 2.42 bits per heavy atom. The van der Waals surface area contributed by atoms with Gasteiger partial charge in [0, 0.05) is 5.56 Å². The van der Waals surface area contributed by atoms with E-state index in [1.54, 1.807) is 30.3 Å². The number of hydrogen-bond donors (Lipinski definition) is 2. The first-order valence-corrected chi connectivity index (χ1v) is 7.68. The van der Waals surface area contributed by atoms with Gasteiger partial charge in [-0.15, -0.1) is 0 Å². The first kappa shape index (κ1) is 18.9. The Hall–Kier alpha value is -3.48. The van der Waals surface area contributed by atoms with Gasteiger partial charge in [0.05, 0.1) is 14.2 Å². The molecule has 1 amide bonds. The minimum absolute atomic E-state index is 0.0298. The SMILES string of the molecule is COc1ccc(OC)c(/C=C(/NC(=O)OCc2ccccc2)C(=O)O)c1. The number of benzene rings is 2. The van der Waals surface area contributed by atoms with Crippen LogP contribution >= 0.6 is 0 Å². The van der Waals surface area contributed by atoms with Gasteiger partial charge < -0.3 is 19.3 Å². The van der Waals surface area contributed by atoms with Gasteiger partial charge in [-0.3, -0.25) is 5.32 Å². The molecule has 136 valence electrons. The number of alkyl carbamates (subject to hydrolysis) is 1. The van der Waals surface area contributed by atoms with Crippen molar-refractivity contribution in [2.45, 2.75) is 6.61 Å². The number of aliphatic carboxylic acids is 1. The van der Waals surface area contributed by atoms with Crippen molar-refractivity contribution in [3.8, 4) is 11.5 Å². The highest BCUT2D eigenvalue weighted by molar-refractivity contribution is 5.96. The number of carbonyl (C=O) groups is 2. The van der Waals surface area contributed by atoms with Crippen molar-refractivity contribution in [2.75, 3.05) is 14.2 Å². The zero-order valence-corrected chi connectivity index (χ0v) is 14.4. The minimum atomic E-state index is -1.31. The second-order valence-corrected chi connectivity index (χ2v) is 5.16. The maximum Gasteiger partial charge on any atom is 0.412 e. The Morgan fingerprint density at radius 2 is 1.81 bits per heavy atom. The van der Waals surface area contributed by atoms with Gasteiger partial charge in [0.25, 0.3) is 0 Å². The molecule has 7 heteroatoms. The molecule has 0 saturated heterocycles. The number of nitrogens with one attached hydrogen (secondary N) is 1. The molecule has 0 unspecified atom stereocenters. The molecule has 2 N–H and O–H groups in total. The highest BCUT2D eigenvalue weighted by Gasteiger charge is 2.14. The molecule has 0 aliphatic carbocycles. The molecule has 0 radical (unpaired) electrons. The van der Waals surface area contributed by atoms with Crippen molar-refractivity contribution in [1.82, 2.24) is 5.32 Å². The van der Waals surface area contributed by atoms with Crippen LogP contribution in [0.5, 0.6) is 11.5 Å². The van der Waals surface area contributed by atoms with E-state index in [0.717, 1.165) is 5.56 Å². The number of carboxylic acids is 1. The fourth-order valence-corrected chi connectivity index (χ4v) is 2.13. The lowest BCUT2D eigenvalue weighted by atomic mass is 10.1. The summed E-state index contributed by atoms with van der Waals surface area (Å²) in [6, 6.07) is 14.0. The van der Waals surface area contributed by atoms with Gasteiger partial charge in [0.15, 0.2) is 0 Å². The summed E-state index contributed by atoms with van der Waals surface area (Å²) in [6.07, 6.45) is 0.400. The van der Waals surface area contributed by atoms with E-state index in [1.165, 1.54) is 20.3 Å². The summed E-state index contributed by atoms with van der Waals surface area (Å²) in [7, 11) is 2.95. The van der Waals surface area contributed by atoms with Gasteiger partial charge in [0.2, 0.25) is 0 Å². The van der Waals surface area contributed by atoms with Crippen LogP contribution < -0.4 is 14.8 Å². The molecular weight excluding hydrogens is 338 g/mol. The molecule has 0 aliphatic heterocycles. The van der Waals surface area contributed by atoms with E-state index in [4.69, 9.17) is 14.2 Å². The lowest BCUT2D eigenvalue weighted by Crippen LogP contribution is -2.27. The molecule has 0 fully saturated rings. The van der Waals surface area contributed by atoms with Gasteiger partial charge in [0.1, 0.15) is 23.8 Å². The number of hydrogen-bond acceptors (Lipinski definition) is 5. The number of rotatable bonds is 7. The van der Waals surface area contributed by atoms with Crippen LogP contribution in [0.1, 0.15) is 11.1 Å². The Balaban J connectivity index is 2.14. The van der Waals surface area contributed by atoms with E-state index in [0.29, 0.717) is 17.1 Å². The monoisotopic (exact) mass is 357 g/mol. The third-order valence-corrected chi connectivity index (χ3v) is 3.42. The molecule has 7 nitrogen and oxygen atoms in total. The summed E-state index contributed by atoms with van der Waals surface area (Å²) >= 11 is 0. The van der Waals surface area contributed by atoms with Crippen LogP contribution in [0.4, 0.5) is 4.79 Å². The summed E-state index contributed by atoms with van der Waals surface area (Å²) in [5.74, 6) is -0.357. The quantitative estimate of drug-likeness (QED) is 0.740. The Bertz CT molecular complexity index is 801. The summed E-state index contributed by atoms with van der Waals surface area (Å²) in [5, 5.41) is 11.6. The standard InChI is InChI=1S/C19H19NO6/c1-24-15-8-9-17(25-2)14(10-15)11-16(18(21)22)20-19(23)26-12-13-6-4-3-5-7-13/h3-11H,12H2,1-2H3,(H,20,23)(H,21,22)/b16-11+. The van der Waals surface area contributed by atoms with E-state index < -0.39 is 12.1 Å². The van der Waals surface area contributed by atoms with Crippen molar-refractivity contribution in [2.24, 2.45) is 0 Å². The third-order valence-electron chi connectivity index (χ3n) is 3.42. The van der Waals surface area contributed by atoms with Crippen molar-refractivity contribution in [3.05, 3.63) is 65.4 Å². The molecule has 2 aromatic rings. The van der Waals surface area contributed by atoms with Crippen LogP contribution in [0.2, 0.25) is 0 Å². The van der Waals surface area contributed by atoms with Crippen LogP contribution in [0.15, 0.2) is 54.2 Å². The number of ether oxygens (including phenoxy) is 3. The molecule has 0 aromatic heterocycles. The van der Waals surface area contributed by atoms with Crippen molar-refractivity contribution in [3.63, 3.8) is 0 Å². The summed E-state index contributed by atoms with van der Waals surface area (Å²) in [4.78, 5) is 23.4. The smallest absolute Gasteiger partial charge is 0.412 e. The molecule has 26 heavy (non-hydrogen) atoms. The lowest BCUT2D eigenvalue weighted by molar-refractivity contribution is -0.132. The van der Waals surface area contributed by atoms with E-state index >= 15 is 0 Å².